The molecule has 2 heterocycles. The van der Waals surface area contributed by atoms with E-state index in [1.54, 1.807) is 4.68 Å². The van der Waals surface area contributed by atoms with Crippen LogP contribution in [0, 0.1) is 20.8 Å². The van der Waals surface area contributed by atoms with Crippen molar-refractivity contribution in [2.45, 2.75) is 27.3 Å². The Balaban J connectivity index is 1.64. The molecule has 29 heavy (non-hydrogen) atoms. The molecule has 4 rings (SSSR count). The third kappa shape index (κ3) is 3.54. The topological polar surface area (TPSA) is 81.8 Å². The van der Waals surface area contributed by atoms with E-state index < -0.39 is 0 Å². The van der Waals surface area contributed by atoms with Gasteiger partial charge in [-0.15, -0.1) is 0 Å². The van der Waals surface area contributed by atoms with Gasteiger partial charge in [0, 0.05) is 5.69 Å². The van der Waals surface area contributed by atoms with Crippen LogP contribution in [0.2, 0.25) is 0 Å². The number of hydrogen-bond acceptors (Lipinski definition) is 4. The third-order valence-corrected chi connectivity index (χ3v) is 4.87. The SMILES string of the molecule is Cc1ccc(-n2ncc3c(=O)n(CC(=O)Nc4ccccc4C)cnc32)c(C)c1. The highest BCUT2D eigenvalue weighted by atomic mass is 16.2. The maximum absolute atomic E-state index is 12.9. The second kappa shape index (κ2) is 7.35. The molecule has 0 atom stereocenters. The first-order chi connectivity index (χ1) is 13.9. The summed E-state index contributed by atoms with van der Waals surface area (Å²) in [4.78, 5) is 29.7. The van der Waals surface area contributed by atoms with E-state index in [0.717, 1.165) is 28.1 Å². The number of carbonyl (C=O) groups excluding carboxylic acids is 1. The first kappa shape index (κ1) is 18.6. The van der Waals surface area contributed by atoms with Gasteiger partial charge in [-0.25, -0.2) is 9.67 Å². The fourth-order valence-electron chi connectivity index (χ4n) is 3.34. The van der Waals surface area contributed by atoms with Crippen LogP contribution in [0.1, 0.15) is 16.7 Å². The van der Waals surface area contributed by atoms with E-state index in [9.17, 15) is 9.59 Å². The molecule has 1 amide bonds. The second-order valence-corrected chi connectivity index (χ2v) is 7.12. The average Bonchev–Trinajstić information content (AvgIpc) is 3.10. The van der Waals surface area contributed by atoms with Gasteiger partial charge in [-0.1, -0.05) is 35.9 Å². The summed E-state index contributed by atoms with van der Waals surface area (Å²) in [6, 6.07) is 13.5. The number of rotatable bonds is 4. The molecule has 146 valence electrons. The van der Waals surface area contributed by atoms with Crippen LogP contribution in [0.15, 0.2) is 59.8 Å². The normalized spacial score (nSPS) is 11.0. The van der Waals surface area contributed by atoms with Crippen LogP contribution in [0.5, 0.6) is 0 Å². The second-order valence-electron chi connectivity index (χ2n) is 7.12. The van der Waals surface area contributed by atoms with Crippen LogP contribution in [-0.4, -0.2) is 25.2 Å². The summed E-state index contributed by atoms with van der Waals surface area (Å²) in [6.07, 6.45) is 2.89. The van der Waals surface area contributed by atoms with Crippen molar-refractivity contribution in [1.29, 1.82) is 0 Å². The minimum absolute atomic E-state index is 0.120. The fraction of sp³-hybridized carbons (Fsp3) is 0.182. The van der Waals surface area contributed by atoms with Crippen molar-refractivity contribution in [3.63, 3.8) is 0 Å². The standard InChI is InChI=1S/C22H21N5O2/c1-14-8-9-19(16(3)10-14)27-21-17(11-24-27)22(29)26(13-23-21)12-20(28)25-18-7-5-4-6-15(18)2/h4-11,13H,12H2,1-3H3,(H,25,28). The van der Waals surface area contributed by atoms with E-state index in [2.05, 4.69) is 21.5 Å². The van der Waals surface area contributed by atoms with Crippen molar-refractivity contribution >= 4 is 22.6 Å². The Morgan fingerprint density at radius 1 is 1.07 bits per heavy atom. The van der Waals surface area contributed by atoms with Crippen molar-refractivity contribution in [2.24, 2.45) is 0 Å². The number of nitrogens with one attached hydrogen (secondary N) is 1. The highest BCUT2D eigenvalue weighted by molar-refractivity contribution is 5.91. The molecule has 2 aromatic carbocycles. The molecule has 0 aliphatic rings. The summed E-state index contributed by atoms with van der Waals surface area (Å²) in [7, 11) is 0. The van der Waals surface area contributed by atoms with E-state index in [1.807, 2.05) is 57.2 Å². The highest BCUT2D eigenvalue weighted by Gasteiger charge is 2.14. The van der Waals surface area contributed by atoms with Crippen LogP contribution in [0.4, 0.5) is 5.69 Å². The number of nitrogens with zero attached hydrogens (tertiary/aromatic N) is 4. The molecule has 0 unspecified atom stereocenters. The molecular weight excluding hydrogens is 366 g/mol. The predicted octanol–water partition coefficient (Wildman–Crippen LogP) is 3.15. The molecule has 0 fully saturated rings. The van der Waals surface area contributed by atoms with Gasteiger partial charge in [0.05, 0.1) is 11.9 Å². The van der Waals surface area contributed by atoms with Gasteiger partial charge in [0.25, 0.3) is 5.56 Å². The van der Waals surface area contributed by atoms with Crippen LogP contribution in [0.25, 0.3) is 16.7 Å². The van der Waals surface area contributed by atoms with E-state index >= 15 is 0 Å². The summed E-state index contributed by atoms with van der Waals surface area (Å²) in [6.45, 7) is 5.81. The zero-order valence-corrected chi connectivity index (χ0v) is 16.5. The van der Waals surface area contributed by atoms with Crippen LogP contribution in [0.3, 0.4) is 0 Å². The molecule has 0 bridgehead atoms. The maximum atomic E-state index is 12.9. The lowest BCUT2D eigenvalue weighted by Gasteiger charge is -2.10. The predicted molar refractivity (Wildman–Crippen MR) is 112 cm³/mol. The summed E-state index contributed by atoms with van der Waals surface area (Å²) in [5.41, 5.74) is 4.91. The number of fused-ring (bicyclic) bond motifs is 1. The van der Waals surface area contributed by atoms with Crippen molar-refractivity contribution < 1.29 is 4.79 Å². The van der Waals surface area contributed by atoms with Gasteiger partial charge in [0.2, 0.25) is 5.91 Å². The molecule has 0 radical (unpaired) electrons. The van der Waals surface area contributed by atoms with Crippen molar-refractivity contribution in [3.8, 4) is 5.69 Å². The molecule has 0 aliphatic heterocycles. The van der Waals surface area contributed by atoms with Crippen LogP contribution in [-0.2, 0) is 11.3 Å². The Labute approximate surface area is 167 Å². The quantitative estimate of drug-likeness (QED) is 0.583. The van der Waals surface area contributed by atoms with Gasteiger partial charge < -0.3 is 5.32 Å². The Morgan fingerprint density at radius 2 is 1.86 bits per heavy atom. The van der Waals surface area contributed by atoms with Crippen molar-refractivity contribution in [3.05, 3.63) is 82.0 Å². The molecule has 4 aromatic rings. The van der Waals surface area contributed by atoms with E-state index in [1.165, 1.54) is 17.1 Å². The summed E-state index contributed by atoms with van der Waals surface area (Å²) in [5, 5.41) is 7.56. The smallest absolute Gasteiger partial charge is 0.264 e. The van der Waals surface area contributed by atoms with E-state index in [0.29, 0.717) is 11.0 Å². The first-order valence-corrected chi connectivity index (χ1v) is 9.30. The highest BCUT2D eigenvalue weighted by Crippen LogP contribution is 2.18. The summed E-state index contributed by atoms with van der Waals surface area (Å²) >= 11 is 0. The molecule has 0 aliphatic carbocycles. The summed E-state index contributed by atoms with van der Waals surface area (Å²) in [5.74, 6) is -0.288. The number of benzene rings is 2. The maximum Gasteiger partial charge on any atom is 0.264 e. The monoisotopic (exact) mass is 387 g/mol. The fourth-order valence-corrected chi connectivity index (χ4v) is 3.34. The number of carbonyl (C=O) groups is 1. The lowest BCUT2D eigenvalue weighted by Crippen LogP contribution is -2.28. The average molecular weight is 387 g/mol. The molecule has 7 heteroatoms. The lowest BCUT2D eigenvalue weighted by molar-refractivity contribution is -0.116. The lowest BCUT2D eigenvalue weighted by atomic mass is 10.1. The Bertz CT molecular complexity index is 1290. The number of para-hydroxylation sites is 1. The minimum Gasteiger partial charge on any atom is -0.324 e. The Hall–Kier alpha value is -3.74. The number of aromatic nitrogens is 4. The molecule has 0 saturated heterocycles. The van der Waals surface area contributed by atoms with Crippen LogP contribution < -0.4 is 10.9 Å². The van der Waals surface area contributed by atoms with Crippen molar-refractivity contribution in [2.75, 3.05) is 5.32 Å². The van der Waals surface area contributed by atoms with Gasteiger partial charge in [-0.05, 0) is 44.0 Å². The number of hydrogen-bond donors (Lipinski definition) is 1. The molecule has 7 nitrogen and oxygen atoms in total. The molecular formula is C22H21N5O2. The summed E-state index contributed by atoms with van der Waals surface area (Å²) < 4.78 is 2.95. The van der Waals surface area contributed by atoms with E-state index in [4.69, 9.17) is 0 Å². The first-order valence-electron chi connectivity index (χ1n) is 9.30. The van der Waals surface area contributed by atoms with Gasteiger partial charge >= 0.3 is 0 Å². The van der Waals surface area contributed by atoms with Gasteiger partial charge in [-0.3, -0.25) is 14.2 Å². The van der Waals surface area contributed by atoms with Crippen molar-refractivity contribution in [1.82, 2.24) is 19.3 Å². The molecule has 0 spiro atoms. The zero-order valence-electron chi connectivity index (χ0n) is 16.5. The Morgan fingerprint density at radius 3 is 2.62 bits per heavy atom. The van der Waals surface area contributed by atoms with Gasteiger partial charge in [0.15, 0.2) is 5.65 Å². The molecule has 2 aromatic heterocycles. The third-order valence-electron chi connectivity index (χ3n) is 4.87. The number of amides is 1. The number of aryl methyl sites for hydroxylation is 3. The largest absolute Gasteiger partial charge is 0.324 e. The molecule has 1 N–H and O–H groups in total. The van der Waals surface area contributed by atoms with Gasteiger partial charge in [-0.2, -0.15) is 5.10 Å². The van der Waals surface area contributed by atoms with Crippen LogP contribution >= 0.6 is 0 Å². The Kier molecular flexibility index (Phi) is 4.72. The van der Waals surface area contributed by atoms with Gasteiger partial charge in [0.1, 0.15) is 18.3 Å². The zero-order chi connectivity index (χ0) is 20.5. The van der Waals surface area contributed by atoms with E-state index in [-0.39, 0.29) is 18.0 Å². The number of anilines is 1. The molecule has 0 saturated carbocycles. The minimum atomic E-state index is -0.300.